The fraction of sp³-hybridized carbons (Fsp3) is 0.273. The maximum atomic E-state index is 12.4. The van der Waals surface area contributed by atoms with Crippen LogP contribution in [0.4, 0.5) is 0 Å². The average Bonchev–Trinajstić information content (AvgIpc) is 3.36. The number of hydrogen-bond acceptors (Lipinski definition) is 5. The first-order valence-corrected chi connectivity index (χ1v) is 9.39. The van der Waals surface area contributed by atoms with E-state index in [2.05, 4.69) is 28.3 Å². The molecule has 1 atom stereocenters. The smallest absolute Gasteiger partial charge is 0.257 e. The van der Waals surface area contributed by atoms with Crippen molar-refractivity contribution in [2.24, 2.45) is 0 Å². The normalized spacial score (nSPS) is 16.3. The maximum absolute atomic E-state index is 12.4. The molecule has 6 nitrogen and oxygen atoms in total. The van der Waals surface area contributed by atoms with Gasteiger partial charge in [0, 0.05) is 31.0 Å². The average molecular weight is 372 g/mol. The van der Waals surface area contributed by atoms with Crippen LogP contribution in [-0.4, -0.2) is 34.0 Å². The lowest BCUT2D eigenvalue weighted by Gasteiger charge is -2.15. The largest absolute Gasteiger partial charge is 0.342 e. The summed E-state index contributed by atoms with van der Waals surface area (Å²) in [5.74, 6) is 1.01. The number of amides is 1. The summed E-state index contributed by atoms with van der Waals surface area (Å²) in [5, 5.41) is 13.1. The van der Waals surface area contributed by atoms with Gasteiger partial charge >= 0.3 is 0 Å². The molecule has 0 spiro atoms. The van der Waals surface area contributed by atoms with Crippen molar-refractivity contribution < 1.29 is 9.32 Å². The van der Waals surface area contributed by atoms with Gasteiger partial charge in [0.1, 0.15) is 0 Å². The fourth-order valence-corrected chi connectivity index (χ4v) is 3.52. The Morgan fingerprint density at radius 1 is 1.18 bits per heavy atom. The molecule has 0 N–H and O–H groups in total. The van der Waals surface area contributed by atoms with Crippen LogP contribution in [0.2, 0.25) is 0 Å². The van der Waals surface area contributed by atoms with Crippen molar-refractivity contribution in [1.29, 1.82) is 5.26 Å². The van der Waals surface area contributed by atoms with E-state index in [1.54, 1.807) is 18.2 Å². The van der Waals surface area contributed by atoms with Gasteiger partial charge in [-0.15, -0.1) is 0 Å². The summed E-state index contributed by atoms with van der Waals surface area (Å²) in [4.78, 5) is 18.7. The molecule has 1 aliphatic heterocycles. The molecule has 2 aromatic carbocycles. The van der Waals surface area contributed by atoms with E-state index in [9.17, 15) is 4.79 Å². The summed E-state index contributed by atoms with van der Waals surface area (Å²) < 4.78 is 5.37. The maximum Gasteiger partial charge on any atom is 0.257 e. The molecule has 0 saturated carbocycles. The molecular weight excluding hydrogens is 352 g/mol. The highest BCUT2D eigenvalue weighted by atomic mass is 16.5. The molecule has 140 valence electrons. The molecule has 4 rings (SSSR count). The molecule has 1 unspecified atom stereocenters. The number of carbonyl (C=O) groups is 1. The number of nitriles is 1. The molecule has 1 amide bonds. The van der Waals surface area contributed by atoms with Crippen LogP contribution in [0.3, 0.4) is 0 Å². The van der Waals surface area contributed by atoms with E-state index in [1.165, 1.54) is 5.56 Å². The van der Waals surface area contributed by atoms with Gasteiger partial charge in [-0.2, -0.15) is 10.2 Å². The number of nitrogens with zero attached hydrogens (tertiary/aromatic N) is 4. The minimum Gasteiger partial charge on any atom is -0.342 e. The second-order valence-corrected chi connectivity index (χ2v) is 6.98. The zero-order chi connectivity index (χ0) is 19.3. The van der Waals surface area contributed by atoms with Crippen LogP contribution in [0.1, 0.15) is 35.7 Å². The molecule has 1 saturated heterocycles. The number of carbonyl (C=O) groups excluding carboxylic acids is 1. The molecule has 3 aromatic rings. The van der Waals surface area contributed by atoms with E-state index < -0.39 is 0 Å². The van der Waals surface area contributed by atoms with Crippen molar-refractivity contribution in [1.82, 2.24) is 15.0 Å². The zero-order valence-corrected chi connectivity index (χ0v) is 15.4. The summed E-state index contributed by atoms with van der Waals surface area (Å²) in [6, 6.07) is 19.4. The summed E-state index contributed by atoms with van der Waals surface area (Å²) in [7, 11) is 0. The van der Waals surface area contributed by atoms with Crippen molar-refractivity contribution in [3.8, 4) is 17.5 Å². The number of likely N-dealkylation sites (tertiary alicyclic amines) is 1. The van der Waals surface area contributed by atoms with Gasteiger partial charge in [-0.3, -0.25) is 4.79 Å². The minimum absolute atomic E-state index is 0.0547. The number of hydrogen-bond donors (Lipinski definition) is 0. The first kappa shape index (κ1) is 17.9. The third kappa shape index (κ3) is 3.94. The molecule has 0 radical (unpaired) electrons. The van der Waals surface area contributed by atoms with Crippen LogP contribution in [0.5, 0.6) is 0 Å². The van der Waals surface area contributed by atoms with Crippen LogP contribution in [0, 0.1) is 11.3 Å². The standard InChI is InChI=1S/C22H20N4O2/c23-14-17-8-4-10-18(12-17)22-24-21(25-28-22)19-13-20(27)26(15-19)11-5-9-16-6-2-1-3-7-16/h1-4,6-8,10,12,19H,5,9,11,13,15H2. The first-order valence-electron chi connectivity index (χ1n) is 9.39. The molecule has 2 heterocycles. The van der Waals surface area contributed by atoms with E-state index in [0.29, 0.717) is 35.8 Å². The highest BCUT2D eigenvalue weighted by Crippen LogP contribution is 2.28. The lowest BCUT2D eigenvalue weighted by molar-refractivity contribution is -0.127. The summed E-state index contributed by atoms with van der Waals surface area (Å²) in [6.07, 6.45) is 2.29. The second-order valence-electron chi connectivity index (χ2n) is 6.98. The topological polar surface area (TPSA) is 83.0 Å². The molecule has 0 bridgehead atoms. The lowest BCUT2D eigenvalue weighted by Crippen LogP contribution is -2.26. The fourth-order valence-electron chi connectivity index (χ4n) is 3.52. The first-order chi connectivity index (χ1) is 13.7. The van der Waals surface area contributed by atoms with E-state index in [0.717, 1.165) is 19.4 Å². The van der Waals surface area contributed by atoms with Crippen LogP contribution >= 0.6 is 0 Å². The van der Waals surface area contributed by atoms with Crippen LogP contribution in [-0.2, 0) is 11.2 Å². The zero-order valence-electron chi connectivity index (χ0n) is 15.4. The van der Waals surface area contributed by atoms with Crippen molar-refractivity contribution in [2.75, 3.05) is 13.1 Å². The molecule has 28 heavy (non-hydrogen) atoms. The summed E-state index contributed by atoms with van der Waals surface area (Å²) >= 11 is 0. The van der Waals surface area contributed by atoms with Crippen molar-refractivity contribution >= 4 is 5.91 Å². The molecule has 1 aromatic heterocycles. The third-order valence-corrected chi connectivity index (χ3v) is 5.00. The second kappa shape index (κ2) is 8.05. The number of rotatable bonds is 6. The monoisotopic (exact) mass is 372 g/mol. The Hall–Kier alpha value is -3.46. The van der Waals surface area contributed by atoms with Crippen molar-refractivity contribution in [2.45, 2.75) is 25.2 Å². The quantitative estimate of drug-likeness (QED) is 0.661. The Kier molecular flexibility index (Phi) is 5.16. The van der Waals surface area contributed by atoms with Gasteiger partial charge < -0.3 is 9.42 Å². The Morgan fingerprint density at radius 2 is 2.04 bits per heavy atom. The predicted molar refractivity (Wildman–Crippen MR) is 103 cm³/mol. The summed E-state index contributed by atoms with van der Waals surface area (Å²) in [5.41, 5.74) is 2.54. The van der Waals surface area contributed by atoms with Gasteiger partial charge in [-0.1, -0.05) is 41.6 Å². The van der Waals surface area contributed by atoms with Gasteiger partial charge in [0.15, 0.2) is 5.82 Å². The van der Waals surface area contributed by atoms with Gasteiger partial charge in [0.05, 0.1) is 11.6 Å². The Labute approximate surface area is 163 Å². The minimum atomic E-state index is -0.0547. The molecule has 0 aliphatic carbocycles. The van der Waals surface area contributed by atoms with Crippen LogP contribution < -0.4 is 0 Å². The van der Waals surface area contributed by atoms with Crippen molar-refractivity contribution in [3.63, 3.8) is 0 Å². The predicted octanol–water partition coefficient (Wildman–Crippen LogP) is 3.56. The SMILES string of the molecule is N#Cc1cccc(-c2nc(C3CC(=O)N(CCCc4ccccc4)C3)no2)c1. The Bertz CT molecular complexity index is 1010. The van der Waals surface area contributed by atoms with Gasteiger partial charge in [-0.25, -0.2) is 0 Å². The summed E-state index contributed by atoms with van der Waals surface area (Å²) in [6.45, 7) is 1.35. The lowest BCUT2D eigenvalue weighted by atomic mass is 10.1. The number of aryl methyl sites for hydroxylation is 1. The van der Waals surface area contributed by atoms with E-state index in [1.807, 2.05) is 29.2 Å². The van der Waals surface area contributed by atoms with Gasteiger partial charge in [0.25, 0.3) is 5.89 Å². The number of benzene rings is 2. The Balaban J connectivity index is 1.37. The van der Waals surface area contributed by atoms with Crippen LogP contribution in [0.15, 0.2) is 59.1 Å². The highest BCUT2D eigenvalue weighted by Gasteiger charge is 2.33. The molecular formula is C22H20N4O2. The molecule has 1 aliphatic rings. The van der Waals surface area contributed by atoms with E-state index in [-0.39, 0.29) is 11.8 Å². The van der Waals surface area contributed by atoms with Crippen molar-refractivity contribution in [3.05, 3.63) is 71.5 Å². The van der Waals surface area contributed by atoms with Gasteiger partial charge in [-0.05, 0) is 36.6 Å². The van der Waals surface area contributed by atoms with Gasteiger partial charge in [0.2, 0.25) is 5.91 Å². The molecule has 1 fully saturated rings. The Morgan fingerprint density at radius 3 is 2.86 bits per heavy atom. The third-order valence-electron chi connectivity index (χ3n) is 5.00. The highest BCUT2D eigenvalue weighted by molar-refractivity contribution is 5.79. The number of aromatic nitrogens is 2. The molecule has 6 heteroatoms. The van der Waals surface area contributed by atoms with E-state index >= 15 is 0 Å². The van der Waals surface area contributed by atoms with E-state index in [4.69, 9.17) is 9.78 Å². The van der Waals surface area contributed by atoms with Crippen LogP contribution in [0.25, 0.3) is 11.5 Å².